The minimum absolute atomic E-state index is 0.00861. The van der Waals surface area contributed by atoms with Gasteiger partial charge in [0.05, 0.1) is 17.6 Å². The van der Waals surface area contributed by atoms with Crippen LogP contribution in [-0.2, 0) is 0 Å². The molecule has 0 bridgehead atoms. The van der Waals surface area contributed by atoms with Crippen LogP contribution in [0.1, 0.15) is 0 Å². The van der Waals surface area contributed by atoms with Gasteiger partial charge in [-0.25, -0.2) is 14.4 Å². The first-order valence-electron chi connectivity index (χ1n) is 5.59. The van der Waals surface area contributed by atoms with Gasteiger partial charge >= 0.3 is 5.69 Å². The molecule has 7 nitrogen and oxygen atoms in total. The number of hydrogen-bond acceptors (Lipinski definition) is 6. The summed E-state index contributed by atoms with van der Waals surface area (Å²) in [6.07, 6.45) is 1.17. The van der Waals surface area contributed by atoms with Crippen LogP contribution < -0.4 is 10.1 Å². The Labute approximate surface area is 113 Å². The highest BCUT2D eigenvalue weighted by Gasteiger charge is 2.25. The van der Waals surface area contributed by atoms with Crippen molar-refractivity contribution in [1.29, 1.82) is 0 Å². The summed E-state index contributed by atoms with van der Waals surface area (Å²) in [6, 6.07) is 3.72. The number of aromatic nitrogens is 2. The summed E-state index contributed by atoms with van der Waals surface area (Å²) in [5.74, 6) is -0.207. The van der Waals surface area contributed by atoms with Crippen molar-refractivity contribution in [3.05, 3.63) is 40.5 Å². The van der Waals surface area contributed by atoms with Gasteiger partial charge in [0.25, 0.3) is 0 Å². The van der Waals surface area contributed by atoms with Gasteiger partial charge in [0, 0.05) is 7.05 Å². The van der Waals surface area contributed by atoms with Crippen molar-refractivity contribution >= 4 is 11.5 Å². The molecular weight excluding hydrogens is 267 g/mol. The van der Waals surface area contributed by atoms with E-state index in [9.17, 15) is 14.5 Å². The summed E-state index contributed by atoms with van der Waals surface area (Å²) in [7, 11) is 2.89. The van der Waals surface area contributed by atoms with Crippen molar-refractivity contribution in [1.82, 2.24) is 9.97 Å². The van der Waals surface area contributed by atoms with E-state index in [-0.39, 0.29) is 28.5 Å². The molecule has 0 fully saturated rings. The van der Waals surface area contributed by atoms with E-state index in [4.69, 9.17) is 4.74 Å². The molecule has 0 amide bonds. The van der Waals surface area contributed by atoms with E-state index in [1.807, 2.05) is 0 Å². The minimum atomic E-state index is -0.620. The molecule has 1 aromatic carbocycles. The largest absolute Gasteiger partial charge is 0.496 e. The Morgan fingerprint density at radius 2 is 2.15 bits per heavy atom. The molecule has 0 spiro atoms. The Hall–Kier alpha value is -2.77. The SMILES string of the molecule is CNc1ncnc(-c2cc(F)ccc2OC)c1[N+](=O)[O-]. The Bertz CT molecular complexity index is 663. The predicted octanol–water partition coefficient (Wildman–Crippen LogP) is 2.24. The lowest BCUT2D eigenvalue weighted by molar-refractivity contribution is -0.383. The zero-order chi connectivity index (χ0) is 14.7. The molecule has 0 aliphatic rings. The first-order valence-corrected chi connectivity index (χ1v) is 5.59. The van der Waals surface area contributed by atoms with Gasteiger partial charge in [-0.2, -0.15) is 0 Å². The highest BCUT2D eigenvalue weighted by atomic mass is 19.1. The molecule has 2 rings (SSSR count). The summed E-state index contributed by atoms with van der Waals surface area (Å²) in [5.41, 5.74) is -0.150. The third kappa shape index (κ3) is 2.35. The highest BCUT2D eigenvalue weighted by molar-refractivity contribution is 5.80. The summed E-state index contributed by atoms with van der Waals surface area (Å²) in [4.78, 5) is 18.3. The number of nitrogens with zero attached hydrogens (tertiary/aromatic N) is 3. The molecule has 0 aliphatic heterocycles. The summed E-state index contributed by atoms with van der Waals surface area (Å²) in [6.45, 7) is 0. The first-order chi connectivity index (χ1) is 9.58. The van der Waals surface area contributed by atoms with Gasteiger partial charge in [-0.15, -0.1) is 0 Å². The second-order valence-corrected chi connectivity index (χ2v) is 3.77. The van der Waals surface area contributed by atoms with E-state index in [1.54, 1.807) is 0 Å². The maximum Gasteiger partial charge on any atom is 0.337 e. The lowest BCUT2D eigenvalue weighted by Crippen LogP contribution is -2.03. The molecule has 2 aromatic rings. The maximum atomic E-state index is 13.4. The van der Waals surface area contributed by atoms with Crippen LogP contribution in [0.25, 0.3) is 11.3 Å². The molecule has 0 saturated carbocycles. The van der Waals surface area contributed by atoms with E-state index in [2.05, 4.69) is 15.3 Å². The van der Waals surface area contributed by atoms with Crippen LogP contribution in [0.3, 0.4) is 0 Å². The van der Waals surface area contributed by atoms with Gasteiger partial charge in [-0.3, -0.25) is 10.1 Å². The van der Waals surface area contributed by atoms with E-state index < -0.39 is 10.7 Å². The number of hydrogen-bond donors (Lipinski definition) is 1. The van der Waals surface area contributed by atoms with Crippen molar-refractivity contribution in [3.8, 4) is 17.0 Å². The van der Waals surface area contributed by atoms with Crippen molar-refractivity contribution < 1.29 is 14.1 Å². The zero-order valence-electron chi connectivity index (χ0n) is 10.8. The molecule has 0 aliphatic carbocycles. The lowest BCUT2D eigenvalue weighted by Gasteiger charge is -2.09. The molecule has 1 heterocycles. The van der Waals surface area contributed by atoms with Crippen molar-refractivity contribution in [2.24, 2.45) is 0 Å². The number of rotatable bonds is 4. The standard InChI is InChI=1S/C12H11FN4O3/c1-14-12-11(17(18)19)10(15-6-16-12)8-5-7(13)3-4-9(8)20-2/h3-6H,1-2H3,(H,14,15,16). The number of anilines is 1. The predicted molar refractivity (Wildman–Crippen MR) is 70.2 cm³/mol. The number of ether oxygens (including phenoxy) is 1. The summed E-state index contributed by atoms with van der Waals surface area (Å²) >= 11 is 0. The Balaban J connectivity index is 2.75. The number of methoxy groups -OCH3 is 1. The van der Waals surface area contributed by atoms with Crippen LogP contribution in [-0.4, -0.2) is 29.0 Å². The monoisotopic (exact) mass is 278 g/mol. The third-order valence-electron chi connectivity index (χ3n) is 2.66. The fraction of sp³-hybridized carbons (Fsp3) is 0.167. The van der Waals surface area contributed by atoms with Crippen molar-refractivity contribution in [2.45, 2.75) is 0 Å². The number of halogens is 1. The van der Waals surface area contributed by atoms with Crippen LogP contribution in [0.5, 0.6) is 5.75 Å². The molecule has 1 N–H and O–H groups in total. The number of nitrogens with one attached hydrogen (secondary N) is 1. The van der Waals surface area contributed by atoms with E-state index >= 15 is 0 Å². The molecular formula is C12H11FN4O3. The molecule has 0 saturated heterocycles. The number of benzene rings is 1. The van der Waals surface area contributed by atoms with Gasteiger partial charge in [-0.05, 0) is 18.2 Å². The normalized spacial score (nSPS) is 10.2. The summed E-state index contributed by atoms with van der Waals surface area (Å²) in [5, 5.41) is 13.8. The Morgan fingerprint density at radius 1 is 1.40 bits per heavy atom. The van der Waals surface area contributed by atoms with E-state index in [0.29, 0.717) is 0 Å². The number of nitro groups is 1. The van der Waals surface area contributed by atoms with Gasteiger partial charge in [-0.1, -0.05) is 0 Å². The second-order valence-electron chi connectivity index (χ2n) is 3.77. The Morgan fingerprint density at radius 3 is 2.75 bits per heavy atom. The van der Waals surface area contributed by atoms with E-state index in [1.165, 1.54) is 32.6 Å². The first kappa shape index (κ1) is 13.7. The zero-order valence-corrected chi connectivity index (χ0v) is 10.8. The van der Waals surface area contributed by atoms with Gasteiger partial charge < -0.3 is 10.1 Å². The smallest absolute Gasteiger partial charge is 0.337 e. The third-order valence-corrected chi connectivity index (χ3v) is 2.66. The van der Waals surface area contributed by atoms with Gasteiger partial charge in [0.2, 0.25) is 5.82 Å². The van der Waals surface area contributed by atoms with Crippen LogP contribution >= 0.6 is 0 Å². The van der Waals surface area contributed by atoms with E-state index in [0.717, 1.165) is 6.07 Å². The average molecular weight is 278 g/mol. The fourth-order valence-corrected chi connectivity index (χ4v) is 1.80. The molecule has 8 heteroatoms. The molecule has 1 aromatic heterocycles. The fourth-order valence-electron chi connectivity index (χ4n) is 1.80. The summed E-state index contributed by atoms with van der Waals surface area (Å²) < 4.78 is 18.5. The topological polar surface area (TPSA) is 90.2 Å². The average Bonchev–Trinajstić information content (AvgIpc) is 2.46. The van der Waals surface area contributed by atoms with Gasteiger partial charge in [0.15, 0.2) is 5.69 Å². The highest BCUT2D eigenvalue weighted by Crippen LogP contribution is 2.37. The van der Waals surface area contributed by atoms with Crippen molar-refractivity contribution in [3.63, 3.8) is 0 Å². The van der Waals surface area contributed by atoms with Gasteiger partial charge in [0.1, 0.15) is 17.9 Å². The second kappa shape index (κ2) is 5.47. The Kier molecular flexibility index (Phi) is 3.74. The minimum Gasteiger partial charge on any atom is -0.496 e. The van der Waals surface area contributed by atoms with Crippen LogP contribution in [0.15, 0.2) is 24.5 Å². The van der Waals surface area contributed by atoms with Crippen LogP contribution in [0.2, 0.25) is 0 Å². The molecule has 20 heavy (non-hydrogen) atoms. The quantitative estimate of drug-likeness (QED) is 0.681. The van der Waals surface area contributed by atoms with Crippen LogP contribution in [0.4, 0.5) is 15.9 Å². The molecule has 0 unspecified atom stereocenters. The van der Waals surface area contributed by atoms with Crippen molar-refractivity contribution in [2.75, 3.05) is 19.5 Å². The lowest BCUT2D eigenvalue weighted by atomic mass is 10.1. The molecule has 0 atom stereocenters. The molecule has 104 valence electrons. The maximum absolute atomic E-state index is 13.4. The van der Waals surface area contributed by atoms with Crippen LogP contribution in [0, 0.1) is 15.9 Å². The molecule has 0 radical (unpaired) electrons.